The number of amides is 1. The molecule has 1 atom stereocenters. The smallest absolute Gasteiger partial charge is 0.335 e. The molecule has 142 valence electrons. The first-order valence-electron chi connectivity index (χ1n) is 7.36. The minimum atomic E-state index is -4.55. The highest BCUT2D eigenvalue weighted by atomic mass is 32.2. The SMILES string of the molecule is CSCC[C@@H](NS(=O)(=O)c1ccc(C)cc1)C(=O)N(C)CC(F)(F)F. The number of nitrogens with zero attached hydrogens (tertiary/aromatic N) is 1. The van der Waals surface area contributed by atoms with Crippen molar-refractivity contribution in [1.82, 2.24) is 9.62 Å². The van der Waals surface area contributed by atoms with E-state index in [0.29, 0.717) is 10.7 Å². The number of nitrogens with one attached hydrogen (secondary N) is 1. The first-order valence-corrected chi connectivity index (χ1v) is 10.2. The topological polar surface area (TPSA) is 66.5 Å². The van der Waals surface area contributed by atoms with Gasteiger partial charge in [-0.1, -0.05) is 17.7 Å². The molecule has 25 heavy (non-hydrogen) atoms. The van der Waals surface area contributed by atoms with Crippen LogP contribution in [0.15, 0.2) is 29.2 Å². The Labute approximate surface area is 150 Å². The summed E-state index contributed by atoms with van der Waals surface area (Å²) in [4.78, 5) is 12.7. The molecule has 1 amide bonds. The average Bonchev–Trinajstić information content (AvgIpc) is 2.49. The molecular formula is C15H21F3N2O3S2. The largest absolute Gasteiger partial charge is 0.406 e. The van der Waals surface area contributed by atoms with Gasteiger partial charge < -0.3 is 4.90 Å². The number of carbonyl (C=O) groups excluding carboxylic acids is 1. The maximum Gasteiger partial charge on any atom is 0.406 e. The number of carbonyl (C=O) groups is 1. The van der Waals surface area contributed by atoms with Gasteiger partial charge in [-0.15, -0.1) is 0 Å². The number of halogens is 3. The number of rotatable bonds is 8. The summed E-state index contributed by atoms with van der Waals surface area (Å²) in [5, 5.41) is 0. The lowest BCUT2D eigenvalue weighted by Crippen LogP contribution is -2.49. The first kappa shape index (κ1) is 21.8. The normalized spacial score (nSPS) is 13.5. The fourth-order valence-electron chi connectivity index (χ4n) is 2.05. The maximum atomic E-state index is 12.5. The van der Waals surface area contributed by atoms with Crippen molar-refractivity contribution < 1.29 is 26.4 Å². The van der Waals surface area contributed by atoms with Gasteiger partial charge in [-0.2, -0.15) is 29.7 Å². The summed E-state index contributed by atoms with van der Waals surface area (Å²) in [6, 6.07) is 4.71. The van der Waals surface area contributed by atoms with Crippen LogP contribution in [-0.4, -0.2) is 57.0 Å². The van der Waals surface area contributed by atoms with Crippen LogP contribution in [0, 0.1) is 6.92 Å². The highest BCUT2D eigenvalue weighted by Gasteiger charge is 2.34. The molecule has 0 aliphatic rings. The Bertz CT molecular complexity index is 676. The van der Waals surface area contributed by atoms with E-state index in [-0.39, 0.29) is 11.3 Å². The van der Waals surface area contributed by atoms with Crippen molar-refractivity contribution in [3.63, 3.8) is 0 Å². The lowest BCUT2D eigenvalue weighted by molar-refractivity contribution is -0.159. The average molecular weight is 398 g/mol. The van der Waals surface area contributed by atoms with Crippen molar-refractivity contribution in [2.75, 3.05) is 25.6 Å². The lowest BCUT2D eigenvalue weighted by atomic mass is 10.2. The fraction of sp³-hybridized carbons (Fsp3) is 0.533. The van der Waals surface area contributed by atoms with E-state index in [0.717, 1.165) is 12.6 Å². The molecule has 1 aromatic rings. The minimum Gasteiger partial charge on any atom is -0.335 e. The molecule has 1 N–H and O–H groups in total. The van der Waals surface area contributed by atoms with E-state index in [9.17, 15) is 26.4 Å². The molecule has 0 unspecified atom stereocenters. The van der Waals surface area contributed by atoms with Crippen molar-refractivity contribution in [1.29, 1.82) is 0 Å². The molecular weight excluding hydrogens is 377 g/mol. The number of benzene rings is 1. The van der Waals surface area contributed by atoms with Crippen molar-refractivity contribution >= 4 is 27.7 Å². The number of thioether (sulfide) groups is 1. The zero-order chi connectivity index (χ0) is 19.3. The van der Waals surface area contributed by atoms with Crippen LogP contribution in [0.1, 0.15) is 12.0 Å². The molecule has 0 saturated heterocycles. The van der Waals surface area contributed by atoms with Gasteiger partial charge in [-0.05, 0) is 37.5 Å². The van der Waals surface area contributed by atoms with Gasteiger partial charge in [0.25, 0.3) is 0 Å². The predicted molar refractivity (Wildman–Crippen MR) is 92.0 cm³/mol. The van der Waals surface area contributed by atoms with Crippen LogP contribution in [-0.2, 0) is 14.8 Å². The molecule has 5 nitrogen and oxygen atoms in total. The third-order valence-electron chi connectivity index (χ3n) is 3.33. The molecule has 1 rings (SSSR count). The Kier molecular flexibility index (Phi) is 7.76. The Balaban J connectivity index is 2.98. The highest BCUT2D eigenvalue weighted by molar-refractivity contribution is 7.98. The summed E-state index contributed by atoms with van der Waals surface area (Å²) in [6.07, 6.45) is -2.70. The van der Waals surface area contributed by atoms with Gasteiger partial charge in [-0.25, -0.2) is 8.42 Å². The van der Waals surface area contributed by atoms with Gasteiger partial charge in [0.1, 0.15) is 12.6 Å². The Hall–Kier alpha value is -1.26. The van der Waals surface area contributed by atoms with Crippen LogP contribution in [0.3, 0.4) is 0 Å². The van der Waals surface area contributed by atoms with Crippen molar-refractivity contribution in [3.8, 4) is 0 Å². The predicted octanol–water partition coefficient (Wildman–Crippen LogP) is 2.42. The third-order valence-corrected chi connectivity index (χ3v) is 5.46. The monoisotopic (exact) mass is 398 g/mol. The van der Waals surface area contributed by atoms with Crippen LogP contribution in [0.2, 0.25) is 0 Å². The Morgan fingerprint density at radius 1 is 1.28 bits per heavy atom. The van der Waals surface area contributed by atoms with E-state index in [4.69, 9.17) is 0 Å². The maximum absolute atomic E-state index is 12.5. The second-order valence-corrected chi connectivity index (χ2v) is 8.28. The molecule has 10 heteroatoms. The number of hydrogen-bond donors (Lipinski definition) is 1. The second kappa shape index (κ2) is 8.91. The summed E-state index contributed by atoms with van der Waals surface area (Å²) in [5.41, 5.74) is 0.860. The van der Waals surface area contributed by atoms with Crippen LogP contribution < -0.4 is 4.72 Å². The van der Waals surface area contributed by atoms with Gasteiger partial charge >= 0.3 is 6.18 Å². The molecule has 1 aromatic carbocycles. The highest BCUT2D eigenvalue weighted by Crippen LogP contribution is 2.18. The van der Waals surface area contributed by atoms with E-state index < -0.39 is 34.7 Å². The molecule has 0 aromatic heterocycles. The van der Waals surface area contributed by atoms with Crippen molar-refractivity contribution in [3.05, 3.63) is 29.8 Å². The number of aryl methyl sites for hydroxylation is 1. The molecule has 0 bridgehead atoms. The number of sulfonamides is 1. The summed E-state index contributed by atoms with van der Waals surface area (Å²) in [7, 11) is -3.01. The first-order chi connectivity index (χ1) is 11.5. The molecule has 0 radical (unpaired) electrons. The van der Waals surface area contributed by atoms with Gasteiger partial charge in [0.15, 0.2) is 0 Å². The van der Waals surface area contributed by atoms with E-state index in [1.54, 1.807) is 25.3 Å². The second-order valence-electron chi connectivity index (χ2n) is 5.58. The summed E-state index contributed by atoms with van der Waals surface area (Å²) in [5.74, 6) is -0.491. The van der Waals surface area contributed by atoms with Crippen LogP contribution in [0.4, 0.5) is 13.2 Å². The van der Waals surface area contributed by atoms with E-state index in [1.807, 2.05) is 0 Å². The van der Waals surface area contributed by atoms with E-state index in [1.165, 1.54) is 23.9 Å². The number of alkyl halides is 3. The molecule has 0 saturated carbocycles. The Morgan fingerprint density at radius 2 is 1.84 bits per heavy atom. The summed E-state index contributed by atoms with van der Waals surface area (Å²) in [6.45, 7) is 0.356. The lowest BCUT2D eigenvalue weighted by Gasteiger charge is -2.25. The summed E-state index contributed by atoms with van der Waals surface area (Å²) < 4.78 is 64.5. The number of hydrogen-bond acceptors (Lipinski definition) is 4. The fourth-order valence-corrected chi connectivity index (χ4v) is 3.75. The minimum absolute atomic E-state index is 0.0430. The Morgan fingerprint density at radius 3 is 2.32 bits per heavy atom. The van der Waals surface area contributed by atoms with Crippen LogP contribution >= 0.6 is 11.8 Å². The zero-order valence-corrected chi connectivity index (χ0v) is 15.8. The van der Waals surface area contributed by atoms with Crippen LogP contribution in [0.5, 0.6) is 0 Å². The molecule has 0 spiro atoms. The molecule has 0 aliphatic heterocycles. The van der Waals surface area contributed by atoms with Crippen molar-refractivity contribution in [2.45, 2.75) is 30.5 Å². The zero-order valence-electron chi connectivity index (χ0n) is 14.1. The quantitative estimate of drug-likeness (QED) is 0.730. The molecule has 0 fully saturated rings. The standard InChI is InChI=1S/C15H21F3N2O3S2/c1-11-4-6-12(7-5-11)25(22,23)19-13(8-9-24-3)14(21)20(2)10-15(16,17)18/h4-7,13,19H,8-10H2,1-3H3/t13-/m1/s1. The van der Waals surface area contributed by atoms with Gasteiger partial charge in [0.05, 0.1) is 4.90 Å². The summed E-state index contributed by atoms with van der Waals surface area (Å²) >= 11 is 1.37. The van der Waals surface area contributed by atoms with Crippen LogP contribution in [0.25, 0.3) is 0 Å². The van der Waals surface area contributed by atoms with E-state index in [2.05, 4.69) is 4.72 Å². The van der Waals surface area contributed by atoms with Crippen molar-refractivity contribution in [2.24, 2.45) is 0 Å². The molecule has 0 heterocycles. The number of likely N-dealkylation sites (N-methyl/N-ethyl adjacent to an activating group) is 1. The van der Waals surface area contributed by atoms with E-state index >= 15 is 0 Å². The third kappa shape index (κ3) is 7.25. The van der Waals surface area contributed by atoms with Gasteiger partial charge in [0.2, 0.25) is 15.9 Å². The van der Waals surface area contributed by atoms with Gasteiger partial charge in [-0.3, -0.25) is 4.79 Å². The van der Waals surface area contributed by atoms with Gasteiger partial charge in [0, 0.05) is 7.05 Å². The molecule has 0 aliphatic carbocycles.